The molecule has 2 unspecified atom stereocenters. The summed E-state index contributed by atoms with van der Waals surface area (Å²) in [5, 5.41) is 16.5. The van der Waals surface area contributed by atoms with Crippen molar-refractivity contribution in [3.63, 3.8) is 0 Å². The molecule has 0 aliphatic carbocycles. The van der Waals surface area contributed by atoms with Crippen molar-refractivity contribution in [1.82, 2.24) is 63.7 Å². The molecular formula is C90H115N13O9+. The van der Waals surface area contributed by atoms with E-state index in [4.69, 9.17) is 33.2 Å². The van der Waals surface area contributed by atoms with E-state index in [1.165, 1.54) is 44.9 Å². The molecule has 4 aliphatic heterocycles. The molecule has 3 fully saturated rings. The van der Waals surface area contributed by atoms with E-state index in [0.29, 0.717) is 89.7 Å². The number of amides is 1. The molecule has 2 atom stereocenters. The lowest BCUT2D eigenvalue weighted by Crippen LogP contribution is -2.41. The first-order valence-electron chi connectivity index (χ1n) is 40.8. The summed E-state index contributed by atoms with van der Waals surface area (Å²) >= 11 is 0. The second-order valence-corrected chi connectivity index (χ2v) is 31.8. The number of carbonyl (C=O) groups excluding carboxylic acids is 1. The molecule has 22 heteroatoms. The molecule has 15 rings (SSSR count). The van der Waals surface area contributed by atoms with Crippen molar-refractivity contribution < 1.29 is 43.1 Å². The minimum atomic E-state index is -0.307. The normalized spacial score (nSPS) is 17.3. The molecular weight excluding hydrogens is 1410 g/mol. The first-order valence-corrected chi connectivity index (χ1v) is 40.8. The number of piperidine rings is 1. The van der Waals surface area contributed by atoms with Crippen LogP contribution in [0.3, 0.4) is 0 Å². The van der Waals surface area contributed by atoms with Crippen LogP contribution in [0.1, 0.15) is 101 Å². The topological polar surface area (TPSA) is 204 Å². The standard InChI is InChI=1S/C90H115N13O9/c1-11-102(12-2)79(105)59-112-90-88(68-27-17-19-29-71(68)95-90)103(78-54-91-70-28-18-16-26-64(70)78)60(55-96(3)4)50-69-84(81-65-34-33-63(53-72(65)92-75(81)56-97(5)6)108-48-49-110-80-30-20-25-44-109-80)85(82-66-35-31-61(51-73(66)93-76(82)57-98(7)8)106-45-41-100-37-21-13-14-22-38-100)89(111-47-43-104)86(87(69)103)83-67-36-32-62(52-74(67)94-77(83)58-99(9)10)107-46-42-101-39-23-15-24-40-101/h16-19,26-29,31-36,51-54,80,91-95,104H,11-15,20-25,30,37-49,55-59H2,1-10H3/q+1. The predicted molar refractivity (Wildman–Crippen MR) is 450 cm³/mol. The van der Waals surface area contributed by atoms with Gasteiger partial charge in [0.05, 0.1) is 65.0 Å². The highest BCUT2D eigenvalue weighted by Gasteiger charge is 2.57. The molecule has 0 saturated carbocycles. The number of aliphatic hydroxyl groups is 1. The summed E-state index contributed by atoms with van der Waals surface area (Å²) in [5.74, 6) is 3.06. The number of nitrogens with one attached hydrogen (secondary N) is 5. The summed E-state index contributed by atoms with van der Waals surface area (Å²) in [7, 11) is 16.9. The van der Waals surface area contributed by atoms with Crippen molar-refractivity contribution in [2.24, 2.45) is 0 Å². The lowest BCUT2D eigenvalue weighted by atomic mass is 9.81. The Bertz CT molecular complexity index is 5110. The number of H-pyrrole nitrogens is 5. The van der Waals surface area contributed by atoms with Crippen LogP contribution in [0.25, 0.3) is 87.9 Å². The van der Waals surface area contributed by atoms with Gasteiger partial charge in [-0.25, -0.2) is 0 Å². The van der Waals surface area contributed by atoms with E-state index in [1.54, 1.807) is 0 Å². The molecule has 1 radical (unpaired) electrons. The molecule has 593 valence electrons. The van der Waals surface area contributed by atoms with E-state index >= 15 is 0 Å². The van der Waals surface area contributed by atoms with Crippen molar-refractivity contribution in [1.29, 1.82) is 0 Å². The van der Waals surface area contributed by atoms with E-state index in [0.717, 1.165) is 203 Å². The molecule has 9 heterocycles. The van der Waals surface area contributed by atoms with Crippen molar-refractivity contribution in [3.8, 4) is 62.3 Å². The third-order valence-electron chi connectivity index (χ3n) is 22.6. The number of hydrogen-bond donors (Lipinski definition) is 6. The van der Waals surface area contributed by atoms with E-state index < -0.39 is 0 Å². The number of quaternary nitrogens is 1. The largest absolute Gasteiger partial charge is 0.492 e. The summed E-state index contributed by atoms with van der Waals surface area (Å²) in [4.78, 5) is 50.4. The van der Waals surface area contributed by atoms with Gasteiger partial charge in [-0.15, -0.1) is 0 Å². The number of aliphatic hydroxyl groups excluding tert-OH is 1. The van der Waals surface area contributed by atoms with Crippen LogP contribution in [-0.4, -0.2) is 245 Å². The van der Waals surface area contributed by atoms with Crippen molar-refractivity contribution >= 4 is 77.5 Å². The maximum atomic E-state index is 14.7. The Morgan fingerprint density at radius 3 is 1.56 bits per heavy atom. The van der Waals surface area contributed by atoms with E-state index in [-0.39, 0.29) is 36.5 Å². The van der Waals surface area contributed by atoms with Gasteiger partial charge >= 0.3 is 0 Å². The predicted octanol–water partition coefficient (Wildman–Crippen LogP) is 15.5. The molecule has 0 spiro atoms. The van der Waals surface area contributed by atoms with Crippen molar-refractivity contribution in [2.45, 2.75) is 104 Å². The van der Waals surface area contributed by atoms with Gasteiger partial charge < -0.3 is 87.7 Å². The highest BCUT2D eigenvalue weighted by atomic mass is 16.7. The number of ether oxygens (including phenoxy) is 7. The number of benzene rings is 6. The van der Waals surface area contributed by atoms with Gasteiger partial charge in [-0.05, 0) is 202 Å². The minimum absolute atomic E-state index is 0.0849. The quantitative estimate of drug-likeness (QED) is 0.0164. The van der Waals surface area contributed by atoms with E-state index in [2.05, 4.69) is 220 Å². The maximum Gasteiger partial charge on any atom is 0.260 e. The van der Waals surface area contributed by atoms with E-state index in [9.17, 15) is 9.90 Å². The number of likely N-dealkylation sites (N-methyl/N-ethyl adjacent to an activating group) is 2. The lowest BCUT2D eigenvalue weighted by Gasteiger charge is -2.38. The molecule has 3 saturated heterocycles. The highest BCUT2D eigenvalue weighted by Crippen LogP contribution is 2.68. The average Bonchev–Trinajstić information content (AvgIpc) is 1.49. The second-order valence-electron chi connectivity index (χ2n) is 31.8. The summed E-state index contributed by atoms with van der Waals surface area (Å²) in [6.45, 7) is 14.8. The van der Waals surface area contributed by atoms with Crippen molar-refractivity contribution in [2.75, 3.05) is 168 Å². The Morgan fingerprint density at radius 1 is 0.509 bits per heavy atom. The Hall–Kier alpha value is -9.17. The zero-order valence-corrected chi connectivity index (χ0v) is 67.5. The molecule has 4 aliphatic rings. The van der Waals surface area contributed by atoms with Gasteiger partial charge in [0.25, 0.3) is 11.8 Å². The SMILES string of the molecule is CCN(CC)C(=O)COc1[nH]c2ccccc2c1[N+]1(c2c[nH]c3ccccc23)C(CN(C)C)=[C]c2c(-c3c(CN(C)C)[nH]c4cc(OCCOC5CCCCO5)ccc34)c(-c3c(CN(C)C)[nH]c4cc(OCCN5CCCCCC5)ccc34)c(OCCO)c(-c3c(CN(C)C)[nH]c4cc(OCCN5CCCCC5)ccc34)c21. The molecule has 22 nitrogen and oxygen atoms in total. The molecule has 1 amide bonds. The van der Waals surface area contributed by atoms with Crippen LogP contribution in [0.15, 0.2) is 115 Å². The van der Waals surface area contributed by atoms with Crippen LogP contribution in [0.2, 0.25) is 0 Å². The molecule has 11 aromatic rings. The van der Waals surface area contributed by atoms with Gasteiger partial charge in [0.1, 0.15) is 55.1 Å². The molecule has 6 N–H and O–H groups in total. The maximum absolute atomic E-state index is 14.7. The lowest BCUT2D eigenvalue weighted by molar-refractivity contribution is -0.165. The number of para-hydroxylation sites is 2. The number of carbonyl (C=O) groups is 1. The molecule has 0 bridgehead atoms. The van der Waals surface area contributed by atoms with Crippen LogP contribution in [-0.2, 0) is 33.9 Å². The molecule has 6 aromatic carbocycles. The summed E-state index contributed by atoms with van der Waals surface area (Å²) in [6.07, 6.45) is 18.0. The second kappa shape index (κ2) is 35.1. The van der Waals surface area contributed by atoms with Crippen LogP contribution >= 0.6 is 0 Å². The highest BCUT2D eigenvalue weighted by molar-refractivity contribution is 6.19. The number of aromatic nitrogens is 5. The summed E-state index contributed by atoms with van der Waals surface area (Å²) < 4.78 is 47.7. The van der Waals surface area contributed by atoms with Gasteiger partial charge in [0.15, 0.2) is 24.3 Å². The van der Waals surface area contributed by atoms with Crippen LogP contribution in [0.5, 0.6) is 28.9 Å². The van der Waals surface area contributed by atoms with Gasteiger partial charge in [-0.2, -0.15) is 4.48 Å². The van der Waals surface area contributed by atoms with Crippen molar-refractivity contribution in [3.05, 3.63) is 144 Å². The molecule has 5 aromatic heterocycles. The summed E-state index contributed by atoms with van der Waals surface area (Å²) in [5.41, 5.74) is 16.5. The fourth-order valence-corrected chi connectivity index (χ4v) is 17.7. The number of hydrogen-bond acceptors (Lipinski definition) is 15. The molecule has 112 heavy (non-hydrogen) atoms. The first kappa shape index (κ1) is 78.1. The van der Waals surface area contributed by atoms with Gasteiger partial charge in [0.2, 0.25) is 5.69 Å². The van der Waals surface area contributed by atoms with Crippen LogP contribution in [0.4, 0.5) is 17.1 Å². The smallest absolute Gasteiger partial charge is 0.260 e. The number of aromatic amines is 5. The third-order valence-corrected chi connectivity index (χ3v) is 22.6. The zero-order valence-electron chi connectivity index (χ0n) is 67.5. The third kappa shape index (κ3) is 16.1. The Labute approximate surface area is 659 Å². The number of nitrogens with zero attached hydrogens (tertiary/aromatic N) is 8. The Balaban J connectivity index is 1.11. The number of rotatable bonds is 34. The number of likely N-dealkylation sites (tertiary alicyclic amines) is 2. The van der Waals surface area contributed by atoms with Gasteiger partial charge in [-0.1, -0.05) is 43.5 Å². The fourth-order valence-electron chi connectivity index (χ4n) is 17.7. The number of fused-ring (bicyclic) bond motifs is 6. The monoisotopic (exact) mass is 1520 g/mol. The van der Waals surface area contributed by atoms with Crippen LogP contribution < -0.4 is 28.2 Å². The van der Waals surface area contributed by atoms with Gasteiger partial charge in [0, 0.05) is 148 Å². The zero-order chi connectivity index (χ0) is 77.6. The van der Waals surface area contributed by atoms with Gasteiger partial charge in [-0.3, -0.25) is 14.6 Å². The first-order chi connectivity index (χ1) is 54.6. The Kier molecular flexibility index (Phi) is 24.5. The fraction of sp³-hybridized carbons (Fsp3) is 0.456. The Morgan fingerprint density at radius 2 is 1.03 bits per heavy atom. The summed E-state index contributed by atoms with van der Waals surface area (Å²) in [6, 6.07) is 36.4. The van der Waals surface area contributed by atoms with E-state index in [1.807, 2.05) is 24.8 Å². The minimum Gasteiger partial charge on any atom is -0.492 e. The average molecular weight is 1520 g/mol. The van der Waals surface area contributed by atoms with Crippen LogP contribution in [0, 0.1) is 6.08 Å².